The molecular weight excluding hydrogens is 319 g/mol. The highest BCUT2D eigenvalue weighted by molar-refractivity contribution is 6.99. The Labute approximate surface area is 144 Å². The summed E-state index contributed by atoms with van der Waals surface area (Å²) in [5.74, 6) is -0.266. The largest absolute Gasteiger partial charge is 0.470 e. The topological polar surface area (TPSA) is 18.5 Å². The molecule has 0 bridgehead atoms. The number of hydrogen-bond donors (Lipinski definition) is 0. The van der Waals surface area contributed by atoms with Crippen LogP contribution in [-0.2, 0) is 9.16 Å². The van der Waals surface area contributed by atoms with Crippen molar-refractivity contribution in [3.05, 3.63) is 72.8 Å². The second-order valence-electron chi connectivity index (χ2n) is 7.12. The monoisotopic (exact) mass is 342 g/mol. The van der Waals surface area contributed by atoms with Crippen molar-refractivity contribution < 1.29 is 13.6 Å². The fraction of sp³-hybridized carbons (Fsp3) is 0.300. The summed E-state index contributed by atoms with van der Waals surface area (Å²) in [6.45, 7) is 6.58. The van der Waals surface area contributed by atoms with Crippen LogP contribution in [0.25, 0.3) is 0 Å². The van der Waals surface area contributed by atoms with E-state index < -0.39 is 14.6 Å². The van der Waals surface area contributed by atoms with Gasteiger partial charge in [-0.25, -0.2) is 4.39 Å². The minimum Gasteiger partial charge on any atom is -0.470 e. The molecule has 0 N–H and O–H groups in total. The van der Waals surface area contributed by atoms with E-state index in [4.69, 9.17) is 9.16 Å². The molecule has 126 valence electrons. The minimum absolute atomic E-state index is 0.141. The molecule has 2 aromatic carbocycles. The maximum absolute atomic E-state index is 13.5. The molecule has 0 radical (unpaired) electrons. The Morgan fingerprint density at radius 1 is 0.958 bits per heavy atom. The first-order valence-electron chi connectivity index (χ1n) is 8.22. The normalized spacial score (nSPS) is 18.2. The van der Waals surface area contributed by atoms with E-state index in [2.05, 4.69) is 45.0 Å². The lowest BCUT2D eigenvalue weighted by molar-refractivity contribution is -0.0194. The Morgan fingerprint density at radius 3 is 1.83 bits per heavy atom. The Balaban J connectivity index is 2.14. The standard InChI is InChI=1S/C20H23FO2Si/c1-20(2,3)24(17-10-6-4-7-11-17,18-12-8-5-9-13-18)23-19-14-16(21)15-22-19/h4-13,15,19H,14H2,1-3H3. The molecule has 0 aliphatic carbocycles. The molecule has 1 aliphatic rings. The summed E-state index contributed by atoms with van der Waals surface area (Å²) in [7, 11) is -2.67. The molecule has 0 saturated heterocycles. The molecular formula is C20H23FO2Si. The molecule has 24 heavy (non-hydrogen) atoms. The van der Waals surface area contributed by atoms with Crippen molar-refractivity contribution >= 4 is 18.7 Å². The lowest BCUT2D eigenvalue weighted by Crippen LogP contribution is -2.67. The maximum atomic E-state index is 13.5. The third-order valence-electron chi connectivity index (χ3n) is 4.43. The van der Waals surface area contributed by atoms with Crippen LogP contribution < -0.4 is 10.4 Å². The summed E-state index contributed by atoms with van der Waals surface area (Å²) in [4.78, 5) is 0. The maximum Gasteiger partial charge on any atom is 0.265 e. The smallest absolute Gasteiger partial charge is 0.265 e. The van der Waals surface area contributed by atoms with Crippen molar-refractivity contribution in [1.29, 1.82) is 0 Å². The summed E-state index contributed by atoms with van der Waals surface area (Å²) in [6.07, 6.45) is 0.767. The van der Waals surface area contributed by atoms with Crippen LogP contribution in [0, 0.1) is 0 Å². The van der Waals surface area contributed by atoms with Crippen LogP contribution in [0.2, 0.25) is 5.04 Å². The van der Waals surface area contributed by atoms with Gasteiger partial charge in [0.05, 0.1) is 6.42 Å². The van der Waals surface area contributed by atoms with Gasteiger partial charge in [-0.3, -0.25) is 0 Å². The number of halogens is 1. The summed E-state index contributed by atoms with van der Waals surface area (Å²) < 4.78 is 25.6. The Bertz CT molecular complexity index is 668. The third-order valence-corrected chi connectivity index (χ3v) is 9.46. The Hall–Kier alpha value is -1.91. The van der Waals surface area contributed by atoms with Crippen molar-refractivity contribution in [2.75, 3.05) is 0 Å². The predicted octanol–water partition coefficient (Wildman–Crippen LogP) is 4.12. The first-order chi connectivity index (χ1) is 11.4. The van der Waals surface area contributed by atoms with Crippen LogP contribution >= 0.6 is 0 Å². The van der Waals surface area contributed by atoms with Gasteiger partial charge in [-0.1, -0.05) is 81.4 Å². The van der Waals surface area contributed by atoms with E-state index >= 15 is 0 Å². The van der Waals surface area contributed by atoms with E-state index in [1.165, 1.54) is 16.6 Å². The zero-order chi connectivity index (χ0) is 17.2. The number of hydrogen-bond acceptors (Lipinski definition) is 2. The molecule has 1 aliphatic heterocycles. The fourth-order valence-corrected chi connectivity index (χ4v) is 7.91. The highest BCUT2D eigenvalue weighted by Crippen LogP contribution is 2.39. The number of rotatable bonds is 4. The summed E-state index contributed by atoms with van der Waals surface area (Å²) >= 11 is 0. The first kappa shape index (κ1) is 16.9. The van der Waals surface area contributed by atoms with Gasteiger partial charge in [0.15, 0.2) is 6.29 Å². The zero-order valence-electron chi connectivity index (χ0n) is 14.3. The molecule has 2 nitrogen and oxygen atoms in total. The second-order valence-corrected chi connectivity index (χ2v) is 11.4. The van der Waals surface area contributed by atoms with Gasteiger partial charge in [0.25, 0.3) is 8.32 Å². The third kappa shape index (κ3) is 3.04. The summed E-state index contributed by atoms with van der Waals surface area (Å²) in [5, 5.41) is 2.19. The zero-order valence-corrected chi connectivity index (χ0v) is 15.3. The Kier molecular flexibility index (Phi) is 4.61. The number of benzene rings is 2. The predicted molar refractivity (Wildman–Crippen MR) is 97.4 cm³/mol. The van der Waals surface area contributed by atoms with E-state index in [1.807, 2.05) is 36.4 Å². The molecule has 1 atom stereocenters. The van der Waals surface area contributed by atoms with Gasteiger partial charge in [0.2, 0.25) is 0 Å². The van der Waals surface area contributed by atoms with E-state index in [0.717, 1.165) is 0 Å². The quantitative estimate of drug-likeness (QED) is 0.778. The molecule has 3 rings (SSSR count). The van der Waals surface area contributed by atoms with E-state index in [0.29, 0.717) is 0 Å². The van der Waals surface area contributed by atoms with Crippen LogP contribution in [0.1, 0.15) is 27.2 Å². The van der Waals surface area contributed by atoms with Gasteiger partial charge in [-0.2, -0.15) is 0 Å². The van der Waals surface area contributed by atoms with Crippen molar-refractivity contribution in [2.45, 2.75) is 38.5 Å². The van der Waals surface area contributed by atoms with Gasteiger partial charge in [-0.05, 0) is 15.4 Å². The molecule has 4 heteroatoms. The molecule has 0 saturated carbocycles. The SMILES string of the molecule is CC(C)(C)[Si](OC1CC(F)=CO1)(c1ccccc1)c1ccccc1. The minimum atomic E-state index is -2.67. The highest BCUT2D eigenvalue weighted by atomic mass is 28.4. The number of ether oxygens (including phenoxy) is 1. The van der Waals surface area contributed by atoms with Crippen LogP contribution in [0.3, 0.4) is 0 Å². The van der Waals surface area contributed by atoms with E-state index in [1.54, 1.807) is 0 Å². The van der Waals surface area contributed by atoms with Gasteiger partial charge in [0.1, 0.15) is 12.1 Å². The highest BCUT2D eigenvalue weighted by Gasteiger charge is 2.52. The molecule has 1 unspecified atom stereocenters. The Morgan fingerprint density at radius 2 is 1.46 bits per heavy atom. The van der Waals surface area contributed by atoms with Crippen molar-refractivity contribution in [3.8, 4) is 0 Å². The molecule has 0 fully saturated rings. The average Bonchev–Trinajstić information content (AvgIpc) is 2.98. The first-order valence-corrected chi connectivity index (χ1v) is 10.1. The van der Waals surface area contributed by atoms with Crippen LogP contribution in [0.5, 0.6) is 0 Å². The van der Waals surface area contributed by atoms with Gasteiger partial charge < -0.3 is 9.16 Å². The van der Waals surface area contributed by atoms with Gasteiger partial charge in [-0.15, -0.1) is 0 Å². The molecule has 1 heterocycles. The summed E-state index contributed by atoms with van der Waals surface area (Å²) in [5.41, 5.74) is 0. The van der Waals surface area contributed by atoms with Crippen molar-refractivity contribution in [1.82, 2.24) is 0 Å². The lowest BCUT2D eigenvalue weighted by atomic mass is 10.2. The molecule has 2 aromatic rings. The fourth-order valence-electron chi connectivity index (χ4n) is 3.36. The van der Waals surface area contributed by atoms with Crippen LogP contribution in [-0.4, -0.2) is 14.6 Å². The van der Waals surface area contributed by atoms with Crippen LogP contribution in [0.4, 0.5) is 4.39 Å². The molecule has 0 aromatic heterocycles. The van der Waals surface area contributed by atoms with E-state index in [-0.39, 0.29) is 17.3 Å². The van der Waals surface area contributed by atoms with Crippen molar-refractivity contribution in [3.63, 3.8) is 0 Å². The average molecular weight is 342 g/mol. The van der Waals surface area contributed by atoms with Gasteiger partial charge >= 0.3 is 0 Å². The van der Waals surface area contributed by atoms with Gasteiger partial charge in [0, 0.05) is 0 Å². The second kappa shape index (κ2) is 6.53. The van der Waals surface area contributed by atoms with Crippen molar-refractivity contribution in [2.24, 2.45) is 0 Å². The molecule has 0 spiro atoms. The summed E-state index contributed by atoms with van der Waals surface area (Å²) in [6, 6.07) is 20.6. The lowest BCUT2D eigenvalue weighted by Gasteiger charge is -2.44. The van der Waals surface area contributed by atoms with E-state index in [9.17, 15) is 4.39 Å². The molecule has 0 amide bonds. The van der Waals surface area contributed by atoms with Crippen LogP contribution in [0.15, 0.2) is 72.8 Å².